The minimum Gasteiger partial charge on any atom is -0.545 e. The van der Waals surface area contributed by atoms with E-state index in [4.69, 9.17) is 0 Å². The van der Waals surface area contributed by atoms with Crippen LogP contribution >= 0.6 is 0 Å². The monoisotopic (exact) mass is 488 g/mol. The number of carboxylic acid groups (broad SMARTS) is 2. The van der Waals surface area contributed by atoms with Gasteiger partial charge in [-0.3, -0.25) is 0 Å². The lowest BCUT2D eigenvalue weighted by Gasteiger charge is -2.20. The fourth-order valence-corrected chi connectivity index (χ4v) is 4.00. The first-order valence-corrected chi connectivity index (χ1v) is 12.5. The van der Waals surface area contributed by atoms with E-state index in [0.717, 1.165) is 10.8 Å². The highest BCUT2D eigenvalue weighted by Crippen LogP contribution is 2.38. The molecule has 6 nitrogen and oxygen atoms in total. The molecule has 0 saturated carbocycles. The van der Waals surface area contributed by atoms with Crippen molar-refractivity contribution in [2.24, 2.45) is 0 Å². The molecular formula is C30H36N2O4. The molecule has 0 amide bonds. The molecule has 0 bridgehead atoms. The zero-order valence-electron chi connectivity index (χ0n) is 21.5. The normalized spacial score (nSPS) is 10.2. The van der Waals surface area contributed by atoms with Crippen LogP contribution in [-0.2, 0) is 0 Å². The van der Waals surface area contributed by atoms with Crippen molar-refractivity contribution in [3.63, 3.8) is 0 Å². The van der Waals surface area contributed by atoms with Gasteiger partial charge in [0.05, 0.1) is 38.1 Å². The lowest BCUT2D eigenvalue weighted by Crippen LogP contribution is -2.82. The average Bonchev–Trinajstić information content (AvgIpc) is 2.89. The molecule has 36 heavy (non-hydrogen) atoms. The summed E-state index contributed by atoms with van der Waals surface area (Å²) >= 11 is 0. The van der Waals surface area contributed by atoms with E-state index in [1.54, 1.807) is 36.4 Å². The molecular weight excluding hydrogens is 452 g/mol. The van der Waals surface area contributed by atoms with Crippen molar-refractivity contribution >= 4 is 33.5 Å². The highest BCUT2D eigenvalue weighted by atomic mass is 16.4. The lowest BCUT2D eigenvalue weighted by molar-refractivity contribution is -0.648. The van der Waals surface area contributed by atoms with Gasteiger partial charge in [0.15, 0.2) is 0 Å². The van der Waals surface area contributed by atoms with Crippen molar-refractivity contribution in [2.45, 2.75) is 27.7 Å². The third-order valence-corrected chi connectivity index (χ3v) is 5.70. The number of benzene rings is 4. The summed E-state index contributed by atoms with van der Waals surface area (Å²) in [7, 11) is 0. The number of hydrogen-bond donors (Lipinski definition) is 2. The second kappa shape index (κ2) is 14.6. The zero-order chi connectivity index (χ0) is 26.5. The van der Waals surface area contributed by atoms with Gasteiger partial charge in [-0.25, -0.2) is 0 Å². The number of hydrogen-bond acceptors (Lipinski definition) is 4. The smallest absolute Gasteiger partial charge is 0.0726 e. The quantitative estimate of drug-likeness (QED) is 0.411. The van der Waals surface area contributed by atoms with E-state index in [2.05, 4.69) is 38.3 Å². The van der Waals surface area contributed by atoms with Crippen molar-refractivity contribution in [2.75, 3.05) is 26.2 Å². The Balaban J connectivity index is 0.000000389. The average molecular weight is 489 g/mol. The molecule has 4 N–H and O–H groups in total. The number of carboxylic acids is 2. The molecule has 0 aliphatic rings. The maximum absolute atomic E-state index is 11.8. The summed E-state index contributed by atoms with van der Waals surface area (Å²) in [6.45, 7) is 13.5. The molecule has 190 valence electrons. The topological polar surface area (TPSA) is 113 Å². The fourth-order valence-electron chi connectivity index (χ4n) is 4.00. The molecule has 0 spiro atoms. The Labute approximate surface area is 213 Å². The molecule has 0 saturated heterocycles. The van der Waals surface area contributed by atoms with Crippen LogP contribution in [0.5, 0.6) is 0 Å². The molecule has 0 radical (unpaired) electrons. The van der Waals surface area contributed by atoms with Gasteiger partial charge in [0, 0.05) is 11.1 Å². The van der Waals surface area contributed by atoms with Gasteiger partial charge in [0.25, 0.3) is 0 Å². The number of rotatable bonds is 7. The summed E-state index contributed by atoms with van der Waals surface area (Å²) in [6.07, 6.45) is 0. The van der Waals surface area contributed by atoms with Crippen LogP contribution in [0.4, 0.5) is 0 Å². The Morgan fingerprint density at radius 2 is 0.889 bits per heavy atom. The van der Waals surface area contributed by atoms with Gasteiger partial charge in [-0.2, -0.15) is 0 Å². The molecule has 0 unspecified atom stereocenters. The highest BCUT2D eigenvalue weighted by molar-refractivity contribution is 6.16. The second-order valence-corrected chi connectivity index (χ2v) is 8.20. The lowest BCUT2D eigenvalue weighted by atomic mass is 9.87. The van der Waals surface area contributed by atoms with Gasteiger partial charge in [0.2, 0.25) is 0 Å². The summed E-state index contributed by atoms with van der Waals surface area (Å²) in [4.78, 5) is 23.6. The molecule has 0 fully saturated rings. The summed E-state index contributed by atoms with van der Waals surface area (Å²) in [5, 5.41) is 31.0. The molecule has 0 atom stereocenters. The number of quaternary nitrogens is 2. The van der Waals surface area contributed by atoms with Crippen LogP contribution in [0, 0.1) is 0 Å². The molecule has 4 aromatic rings. The summed E-state index contributed by atoms with van der Waals surface area (Å²) in [5.74, 6) is -2.72. The minimum atomic E-state index is -1.36. The van der Waals surface area contributed by atoms with Gasteiger partial charge < -0.3 is 30.4 Å². The molecule has 0 aliphatic carbocycles. The Hall–Kier alpha value is -3.74. The van der Waals surface area contributed by atoms with E-state index in [1.807, 2.05) is 24.3 Å². The van der Waals surface area contributed by atoms with Crippen LogP contribution < -0.4 is 20.8 Å². The summed E-state index contributed by atoms with van der Waals surface area (Å²) in [5.41, 5.74) is 0.559. The van der Waals surface area contributed by atoms with E-state index in [1.165, 1.54) is 38.3 Å². The summed E-state index contributed by atoms with van der Waals surface area (Å²) < 4.78 is 0. The van der Waals surface area contributed by atoms with E-state index >= 15 is 0 Å². The first kappa shape index (κ1) is 28.5. The van der Waals surface area contributed by atoms with Gasteiger partial charge in [0.1, 0.15) is 0 Å². The SMILES string of the molecule is CC[NH2+]CC.CC[NH2+]CC.O=C([O-])c1ccc2ccccc2c1-c1c(C(=O)[O-])ccc2ccccc12. The Kier molecular flexibility index (Phi) is 11.6. The largest absolute Gasteiger partial charge is 0.545 e. The Morgan fingerprint density at radius 3 is 1.17 bits per heavy atom. The van der Waals surface area contributed by atoms with Crippen LogP contribution in [0.25, 0.3) is 32.7 Å². The zero-order valence-corrected chi connectivity index (χ0v) is 21.5. The standard InChI is InChI=1S/C22H14O4.2C4H11N/c23-21(24)17-11-9-13-5-1-3-7-15(13)19(17)20-16-8-4-2-6-14(16)10-12-18(20)22(25)26;2*1-3-5-4-2/h1-12H,(H,23,24)(H,25,26);2*5H,3-4H2,1-2H3. The predicted molar refractivity (Wildman–Crippen MR) is 142 cm³/mol. The number of carbonyl (C=O) groups is 2. The maximum Gasteiger partial charge on any atom is 0.0726 e. The second-order valence-electron chi connectivity index (χ2n) is 8.20. The van der Waals surface area contributed by atoms with Gasteiger partial charge in [-0.05, 0) is 60.4 Å². The van der Waals surface area contributed by atoms with E-state index in [0.29, 0.717) is 21.9 Å². The van der Waals surface area contributed by atoms with Gasteiger partial charge >= 0.3 is 0 Å². The van der Waals surface area contributed by atoms with E-state index < -0.39 is 11.9 Å². The highest BCUT2D eigenvalue weighted by Gasteiger charge is 2.17. The third kappa shape index (κ3) is 7.13. The molecule has 0 heterocycles. The molecule has 0 aromatic heterocycles. The first-order valence-electron chi connectivity index (χ1n) is 12.5. The van der Waals surface area contributed by atoms with E-state index in [-0.39, 0.29) is 11.1 Å². The Morgan fingerprint density at radius 1 is 0.556 bits per heavy atom. The molecule has 4 aromatic carbocycles. The number of carbonyl (C=O) groups excluding carboxylic acids is 2. The van der Waals surface area contributed by atoms with Crippen LogP contribution in [0.3, 0.4) is 0 Å². The minimum absolute atomic E-state index is 0.0532. The number of fused-ring (bicyclic) bond motifs is 2. The van der Waals surface area contributed by atoms with Gasteiger partial charge in [-0.1, -0.05) is 72.8 Å². The van der Waals surface area contributed by atoms with E-state index in [9.17, 15) is 19.8 Å². The third-order valence-electron chi connectivity index (χ3n) is 5.70. The van der Waals surface area contributed by atoms with Crippen molar-refractivity contribution < 1.29 is 30.4 Å². The molecule has 6 heteroatoms. The van der Waals surface area contributed by atoms with Crippen LogP contribution in [0.2, 0.25) is 0 Å². The van der Waals surface area contributed by atoms with Gasteiger partial charge in [-0.15, -0.1) is 0 Å². The maximum atomic E-state index is 11.8. The molecule has 0 aliphatic heterocycles. The van der Waals surface area contributed by atoms with Crippen LogP contribution in [0.1, 0.15) is 48.4 Å². The van der Waals surface area contributed by atoms with Crippen molar-refractivity contribution in [1.29, 1.82) is 0 Å². The van der Waals surface area contributed by atoms with Crippen molar-refractivity contribution in [1.82, 2.24) is 0 Å². The van der Waals surface area contributed by atoms with Crippen LogP contribution in [0.15, 0.2) is 72.8 Å². The Bertz CT molecular complexity index is 1200. The predicted octanol–water partition coefficient (Wildman–Crippen LogP) is 1.57. The molecule has 4 rings (SSSR count). The summed E-state index contributed by atoms with van der Waals surface area (Å²) in [6, 6.07) is 20.8. The number of aromatic carboxylic acids is 2. The number of nitrogens with two attached hydrogens (primary N) is 2. The van der Waals surface area contributed by atoms with Crippen molar-refractivity contribution in [3.8, 4) is 11.1 Å². The van der Waals surface area contributed by atoms with Crippen LogP contribution in [-0.4, -0.2) is 38.1 Å². The fraction of sp³-hybridized carbons (Fsp3) is 0.267. The van der Waals surface area contributed by atoms with Crippen molar-refractivity contribution in [3.05, 3.63) is 83.9 Å². The first-order chi connectivity index (χ1) is 17.4.